The molecule has 0 saturated carbocycles. The third kappa shape index (κ3) is 2.83. The van der Waals surface area contributed by atoms with Gasteiger partial charge < -0.3 is 25.3 Å². The Kier molecular flexibility index (Phi) is 3.17. The van der Waals surface area contributed by atoms with Crippen molar-refractivity contribution in [1.29, 1.82) is 0 Å². The minimum absolute atomic E-state index is 0.0882. The van der Waals surface area contributed by atoms with Crippen LogP contribution in [0.4, 0.5) is 5.69 Å². The third-order valence-electron chi connectivity index (χ3n) is 3.00. The summed E-state index contributed by atoms with van der Waals surface area (Å²) in [5, 5.41) is 36.8. The fourth-order valence-corrected chi connectivity index (χ4v) is 2.04. The van der Waals surface area contributed by atoms with Gasteiger partial charge in [0.05, 0.1) is 17.7 Å². The Morgan fingerprint density at radius 1 is 1.05 bits per heavy atom. The lowest BCUT2D eigenvalue weighted by molar-refractivity contribution is -0.140. The zero-order chi connectivity index (χ0) is 14.2. The van der Waals surface area contributed by atoms with E-state index >= 15 is 0 Å². The number of aliphatic hydroxyl groups is 2. The first kappa shape index (κ1) is 13.3. The van der Waals surface area contributed by atoms with Gasteiger partial charge in [-0.15, -0.1) is 0 Å². The molecule has 1 fully saturated rings. The van der Waals surface area contributed by atoms with Crippen molar-refractivity contribution in [1.82, 2.24) is 0 Å². The maximum Gasteiger partial charge on any atom is 0.335 e. The Labute approximate surface area is 108 Å². The fraction of sp³-hybridized carbons (Fsp3) is 0.333. The summed E-state index contributed by atoms with van der Waals surface area (Å²) in [4.78, 5) is 23.5. The van der Waals surface area contributed by atoms with E-state index in [1.165, 1.54) is 12.1 Å². The molecule has 2 rings (SSSR count). The van der Waals surface area contributed by atoms with Crippen LogP contribution in [0.25, 0.3) is 0 Å². The third-order valence-corrected chi connectivity index (χ3v) is 3.00. The maximum absolute atomic E-state index is 11.0. The number of nitrogens with zero attached hydrogens (tertiary/aromatic N) is 1. The highest BCUT2D eigenvalue weighted by atomic mass is 16.5. The van der Waals surface area contributed by atoms with Crippen molar-refractivity contribution in [2.24, 2.45) is 0 Å². The van der Waals surface area contributed by atoms with Crippen LogP contribution in [-0.2, 0) is 0 Å². The average Bonchev–Trinajstić information content (AvgIpc) is 2.69. The number of anilines is 1. The van der Waals surface area contributed by atoms with Crippen molar-refractivity contribution in [3.63, 3.8) is 0 Å². The van der Waals surface area contributed by atoms with Crippen molar-refractivity contribution in [3.8, 4) is 0 Å². The topological polar surface area (TPSA) is 118 Å². The quantitative estimate of drug-likeness (QED) is 0.568. The second kappa shape index (κ2) is 4.52. The average molecular weight is 267 g/mol. The van der Waals surface area contributed by atoms with Crippen molar-refractivity contribution in [2.75, 3.05) is 18.0 Å². The highest BCUT2D eigenvalue weighted by Gasteiger charge is 2.34. The second-order valence-corrected chi connectivity index (χ2v) is 4.53. The van der Waals surface area contributed by atoms with E-state index in [2.05, 4.69) is 0 Å². The summed E-state index contributed by atoms with van der Waals surface area (Å²) in [6.07, 6.45) is 0.118. The Morgan fingerprint density at radius 2 is 1.58 bits per heavy atom. The largest absolute Gasteiger partial charge is 0.478 e. The van der Waals surface area contributed by atoms with E-state index in [1.807, 2.05) is 0 Å². The van der Waals surface area contributed by atoms with Crippen LogP contribution in [0.15, 0.2) is 18.2 Å². The molecule has 1 aromatic carbocycles. The summed E-state index contributed by atoms with van der Waals surface area (Å²) in [6, 6.07) is 3.70. The molecule has 1 saturated heterocycles. The van der Waals surface area contributed by atoms with E-state index in [9.17, 15) is 19.8 Å². The van der Waals surface area contributed by atoms with Gasteiger partial charge >= 0.3 is 11.9 Å². The van der Waals surface area contributed by atoms with Gasteiger partial charge in [0.15, 0.2) is 5.79 Å². The SMILES string of the molecule is O=C(O)c1cc(C(=O)O)cc(N2CCC(O)(O)C2)c1. The number of aromatic carboxylic acids is 2. The number of carboxylic acid groups (broad SMARTS) is 2. The molecule has 102 valence electrons. The Hall–Kier alpha value is -2.12. The van der Waals surface area contributed by atoms with Gasteiger partial charge in [-0.2, -0.15) is 0 Å². The first-order chi connectivity index (χ1) is 8.78. The number of carbonyl (C=O) groups is 2. The van der Waals surface area contributed by atoms with Crippen molar-refractivity contribution in [2.45, 2.75) is 12.2 Å². The predicted octanol–water partition coefficient (Wildman–Crippen LogP) is -0.0260. The van der Waals surface area contributed by atoms with Gasteiger partial charge in [-0.3, -0.25) is 0 Å². The first-order valence-corrected chi connectivity index (χ1v) is 5.60. The zero-order valence-corrected chi connectivity index (χ0v) is 9.91. The Balaban J connectivity index is 2.40. The number of carboxylic acids is 2. The van der Waals surface area contributed by atoms with E-state index in [-0.39, 0.29) is 24.1 Å². The number of rotatable bonds is 3. The van der Waals surface area contributed by atoms with Gasteiger partial charge in [0.1, 0.15) is 0 Å². The Morgan fingerprint density at radius 3 is 1.95 bits per heavy atom. The molecule has 1 aliphatic heterocycles. The van der Waals surface area contributed by atoms with Crippen LogP contribution in [0.1, 0.15) is 27.1 Å². The van der Waals surface area contributed by atoms with Gasteiger partial charge in [0, 0.05) is 18.7 Å². The molecule has 0 aromatic heterocycles. The molecule has 0 atom stereocenters. The fourth-order valence-electron chi connectivity index (χ4n) is 2.04. The standard InChI is InChI=1S/C12H13NO6/c14-10(15)7-3-8(11(16)17)5-9(4-7)13-2-1-12(18,19)6-13/h3-5,18-19H,1-2,6H2,(H,14,15)(H,16,17). The maximum atomic E-state index is 11.0. The first-order valence-electron chi connectivity index (χ1n) is 5.60. The molecule has 19 heavy (non-hydrogen) atoms. The monoisotopic (exact) mass is 267 g/mol. The lowest BCUT2D eigenvalue weighted by Gasteiger charge is -2.20. The molecular formula is C12H13NO6. The summed E-state index contributed by atoms with van der Waals surface area (Å²) in [5.74, 6) is -4.30. The minimum Gasteiger partial charge on any atom is -0.478 e. The lowest BCUT2D eigenvalue weighted by atomic mass is 10.1. The molecule has 1 aromatic rings. The molecule has 4 N–H and O–H groups in total. The molecule has 0 unspecified atom stereocenters. The molecule has 7 nitrogen and oxygen atoms in total. The van der Waals surface area contributed by atoms with Gasteiger partial charge in [-0.1, -0.05) is 0 Å². The number of hydrogen-bond donors (Lipinski definition) is 4. The van der Waals surface area contributed by atoms with E-state index in [0.29, 0.717) is 12.2 Å². The van der Waals surface area contributed by atoms with Crippen molar-refractivity contribution in [3.05, 3.63) is 29.3 Å². The molecule has 0 spiro atoms. The summed E-state index contributed by atoms with van der Waals surface area (Å²) in [6.45, 7) is 0.226. The molecule has 0 radical (unpaired) electrons. The van der Waals surface area contributed by atoms with E-state index in [0.717, 1.165) is 6.07 Å². The van der Waals surface area contributed by atoms with Gasteiger partial charge in [0.25, 0.3) is 0 Å². The molecule has 0 bridgehead atoms. The van der Waals surface area contributed by atoms with Crippen LogP contribution in [0, 0.1) is 0 Å². The van der Waals surface area contributed by atoms with Gasteiger partial charge in [0.2, 0.25) is 0 Å². The summed E-state index contributed by atoms with van der Waals surface area (Å²) in [7, 11) is 0. The van der Waals surface area contributed by atoms with E-state index in [1.54, 1.807) is 4.90 Å². The van der Waals surface area contributed by atoms with Gasteiger partial charge in [-0.05, 0) is 18.2 Å². The van der Waals surface area contributed by atoms with Crippen LogP contribution in [-0.4, -0.2) is 51.2 Å². The lowest BCUT2D eigenvalue weighted by Crippen LogP contribution is -2.32. The van der Waals surface area contributed by atoms with Crippen molar-refractivity contribution < 1.29 is 30.0 Å². The summed E-state index contributed by atoms with van der Waals surface area (Å²) < 4.78 is 0. The molecule has 0 aliphatic carbocycles. The number of hydrogen-bond acceptors (Lipinski definition) is 5. The molecule has 1 heterocycles. The van der Waals surface area contributed by atoms with Crippen LogP contribution in [0.3, 0.4) is 0 Å². The number of β-amino-alcohol motifs (C(OH)–C–C–N with tert-alkyl or cyclic N) is 2. The second-order valence-electron chi connectivity index (χ2n) is 4.53. The zero-order valence-electron chi connectivity index (χ0n) is 9.91. The highest BCUT2D eigenvalue weighted by Crippen LogP contribution is 2.27. The summed E-state index contributed by atoms with van der Waals surface area (Å²) >= 11 is 0. The normalized spacial score (nSPS) is 17.5. The van der Waals surface area contributed by atoms with E-state index < -0.39 is 17.7 Å². The van der Waals surface area contributed by atoms with Crippen LogP contribution >= 0.6 is 0 Å². The Bertz CT molecular complexity index is 507. The number of benzene rings is 1. The van der Waals surface area contributed by atoms with Crippen LogP contribution < -0.4 is 4.90 Å². The minimum atomic E-state index is -1.83. The smallest absolute Gasteiger partial charge is 0.335 e. The molecule has 1 aliphatic rings. The summed E-state index contributed by atoms with van der Waals surface area (Å²) in [5.41, 5.74) is 0.0498. The predicted molar refractivity (Wildman–Crippen MR) is 64.4 cm³/mol. The molecule has 0 amide bonds. The van der Waals surface area contributed by atoms with Crippen LogP contribution in [0.2, 0.25) is 0 Å². The van der Waals surface area contributed by atoms with Gasteiger partial charge in [-0.25, -0.2) is 9.59 Å². The van der Waals surface area contributed by atoms with Crippen molar-refractivity contribution >= 4 is 17.6 Å². The highest BCUT2D eigenvalue weighted by molar-refractivity contribution is 5.95. The molecular weight excluding hydrogens is 254 g/mol. The molecule has 7 heteroatoms. The van der Waals surface area contributed by atoms with E-state index in [4.69, 9.17) is 10.2 Å². The van der Waals surface area contributed by atoms with Crippen LogP contribution in [0.5, 0.6) is 0 Å².